The molecule has 0 radical (unpaired) electrons. The molecule has 3 rings (SSSR count). The Kier molecular flexibility index (Phi) is 5.89. The predicted molar refractivity (Wildman–Crippen MR) is 86.5 cm³/mol. The van der Waals surface area contributed by atoms with E-state index in [1.165, 1.54) is 23.3 Å². The van der Waals surface area contributed by atoms with Crippen LogP contribution in [0.1, 0.15) is 21.5 Å². The van der Waals surface area contributed by atoms with Gasteiger partial charge in [-0.1, -0.05) is 24.3 Å². The Morgan fingerprint density at radius 2 is 1.62 bits per heavy atom. The minimum absolute atomic E-state index is 0.193. The van der Waals surface area contributed by atoms with Gasteiger partial charge in [-0.15, -0.1) is 0 Å². The molecule has 0 spiro atoms. The first kappa shape index (κ1) is 17.5. The largest absolute Gasteiger partial charge is 0.505 e. The lowest BCUT2D eigenvalue weighted by Gasteiger charge is -2.20. The minimum Gasteiger partial charge on any atom is -0.505 e. The third-order valence-corrected chi connectivity index (χ3v) is 3.90. The third-order valence-electron chi connectivity index (χ3n) is 3.90. The van der Waals surface area contributed by atoms with Crippen LogP contribution in [0.25, 0.3) is 0 Å². The molecule has 1 heterocycles. The number of carbonyl (C=O) groups is 2. The summed E-state index contributed by atoms with van der Waals surface area (Å²) in [6, 6.07) is 12.0. The fraction of sp³-hybridized carbons (Fsp3) is 0.222. The van der Waals surface area contributed by atoms with Crippen LogP contribution in [0.3, 0.4) is 0 Å². The Balaban J connectivity index is 0.000000647. The molecule has 2 aromatic carbocycles. The summed E-state index contributed by atoms with van der Waals surface area (Å²) in [5, 5.41) is 16.1. The Bertz CT molecular complexity index is 706. The molecule has 0 bridgehead atoms. The van der Waals surface area contributed by atoms with Crippen LogP contribution < -0.4 is 0 Å². The molecule has 0 saturated heterocycles. The van der Waals surface area contributed by atoms with Crippen LogP contribution in [0.2, 0.25) is 0 Å². The molecule has 0 aliphatic carbocycles. The van der Waals surface area contributed by atoms with Crippen molar-refractivity contribution < 1.29 is 24.2 Å². The van der Waals surface area contributed by atoms with Crippen LogP contribution in [-0.4, -0.2) is 40.6 Å². The maximum absolute atomic E-state index is 13.4. The SMILES string of the molecule is O=C(c1ccc(O)c(F)c1)N1CCc2ccccc2CC1.O=CO. The Morgan fingerprint density at radius 3 is 2.12 bits per heavy atom. The van der Waals surface area contributed by atoms with Gasteiger partial charge in [-0.05, 0) is 42.2 Å². The van der Waals surface area contributed by atoms with Gasteiger partial charge in [-0.3, -0.25) is 9.59 Å². The fourth-order valence-electron chi connectivity index (χ4n) is 2.69. The van der Waals surface area contributed by atoms with Crippen LogP contribution in [0.15, 0.2) is 42.5 Å². The molecule has 2 aromatic rings. The Hall–Kier alpha value is -2.89. The molecule has 0 saturated carbocycles. The summed E-state index contributed by atoms with van der Waals surface area (Å²) in [5.74, 6) is -1.39. The second kappa shape index (κ2) is 8.10. The van der Waals surface area contributed by atoms with E-state index < -0.39 is 11.6 Å². The first-order chi connectivity index (χ1) is 11.6. The molecule has 0 unspecified atom stereocenters. The lowest BCUT2D eigenvalue weighted by atomic mass is 10.0. The van der Waals surface area contributed by atoms with Crippen LogP contribution in [-0.2, 0) is 17.6 Å². The molecular formula is C18H18FNO4. The van der Waals surface area contributed by atoms with Crippen LogP contribution >= 0.6 is 0 Å². The minimum atomic E-state index is -0.765. The van der Waals surface area contributed by atoms with E-state index in [0.717, 1.165) is 18.9 Å². The molecule has 6 heteroatoms. The van der Waals surface area contributed by atoms with Crippen molar-refractivity contribution in [1.82, 2.24) is 4.90 Å². The van der Waals surface area contributed by atoms with Gasteiger partial charge in [0.15, 0.2) is 11.6 Å². The van der Waals surface area contributed by atoms with Crippen LogP contribution in [0.4, 0.5) is 4.39 Å². The summed E-state index contributed by atoms with van der Waals surface area (Å²) in [6.45, 7) is 0.997. The lowest BCUT2D eigenvalue weighted by molar-refractivity contribution is -0.122. The average Bonchev–Trinajstić information content (AvgIpc) is 2.80. The van der Waals surface area contributed by atoms with Crippen LogP contribution in [0.5, 0.6) is 5.75 Å². The Labute approximate surface area is 139 Å². The van der Waals surface area contributed by atoms with E-state index in [1.807, 2.05) is 12.1 Å². The van der Waals surface area contributed by atoms with Crippen molar-refractivity contribution in [3.05, 3.63) is 65.0 Å². The van der Waals surface area contributed by atoms with Crippen LogP contribution in [0, 0.1) is 5.82 Å². The van der Waals surface area contributed by atoms with E-state index in [1.54, 1.807) is 4.90 Å². The van der Waals surface area contributed by atoms with Gasteiger partial charge in [0.2, 0.25) is 0 Å². The third kappa shape index (κ3) is 4.10. The first-order valence-electron chi connectivity index (χ1n) is 7.49. The van der Waals surface area contributed by atoms with E-state index in [4.69, 9.17) is 9.90 Å². The second-order valence-electron chi connectivity index (χ2n) is 5.33. The van der Waals surface area contributed by atoms with Crippen molar-refractivity contribution in [3.63, 3.8) is 0 Å². The number of hydrogen-bond donors (Lipinski definition) is 2. The standard InChI is InChI=1S/C17H16FNO2.CH2O2/c18-15-11-14(5-6-16(15)20)17(21)19-9-7-12-3-1-2-4-13(12)8-10-19;2-1-3/h1-6,11,20H,7-10H2;1H,(H,2,3). The highest BCUT2D eigenvalue weighted by Crippen LogP contribution is 2.20. The summed E-state index contributed by atoms with van der Waals surface area (Å²) in [5.41, 5.74) is 2.81. The number of hydrogen-bond acceptors (Lipinski definition) is 3. The van der Waals surface area contributed by atoms with Gasteiger partial charge in [0.05, 0.1) is 0 Å². The molecule has 0 aromatic heterocycles. The second-order valence-corrected chi connectivity index (χ2v) is 5.33. The number of phenolic OH excluding ortho intramolecular Hbond substituents is 1. The maximum atomic E-state index is 13.4. The van der Waals surface area contributed by atoms with E-state index in [-0.39, 0.29) is 17.9 Å². The quantitative estimate of drug-likeness (QED) is 0.787. The predicted octanol–water partition coefficient (Wildman–Crippen LogP) is 2.47. The summed E-state index contributed by atoms with van der Waals surface area (Å²) >= 11 is 0. The zero-order chi connectivity index (χ0) is 17.5. The van der Waals surface area contributed by atoms with Crippen molar-refractivity contribution in [2.75, 3.05) is 13.1 Å². The lowest BCUT2D eigenvalue weighted by Crippen LogP contribution is -2.33. The molecule has 24 heavy (non-hydrogen) atoms. The van der Waals surface area contributed by atoms with Gasteiger partial charge in [0.1, 0.15) is 0 Å². The van der Waals surface area contributed by atoms with Crippen molar-refractivity contribution in [2.45, 2.75) is 12.8 Å². The van der Waals surface area contributed by atoms with Crippen molar-refractivity contribution >= 4 is 12.4 Å². The van der Waals surface area contributed by atoms with Gasteiger partial charge < -0.3 is 15.1 Å². The van der Waals surface area contributed by atoms with Gasteiger partial charge >= 0.3 is 0 Å². The number of fused-ring (bicyclic) bond motifs is 1. The summed E-state index contributed by atoms with van der Waals surface area (Å²) in [4.78, 5) is 22.5. The number of halogens is 1. The molecule has 1 aliphatic heterocycles. The zero-order valence-corrected chi connectivity index (χ0v) is 13.0. The van der Waals surface area contributed by atoms with E-state index >= 15 is 0 Å². The van der Waals surface area contributed by atoms with Gasteiger partial charge in [-0.2, -0.15) is 0 Å². The van der Waals surface area contributed by atoms with Crippen molar-refractivity contribution in [2.24, 2.45) is 0 Å². The summed E-state index contributed by atoms with van der Waals surface area (Å²) in [7, 11) is 0. The fourth-order valence-corrected chi connectivity index (χ4v) is 2.69. The number of rotatable bonds is 1. The molecule has 1 aliphatic rings. The topological polar surface area (TPSA) is 77.8 Å². The average molecular weight is 331 g/mol. The first-order valence-corrected chi connectivity index (χ1v) is 7.49. The number of carboxylic acid groups (broad SMARTS) is 1. The number of carbonyl (C=O) groups excluding carboxylic acids is 1. The highest BCUT2D eigenvalue weighted by atomic mass is 19.1. The smallest absolute Gasteiger partial charge is 0.290 e. The van der Waals surface area contributed by atoms with E-state index in [0.29, 0.717) is 13.1 Å². The number of benzene rings is 2. The van der Waals surface area contributed by atoms with Gasteiger partial charge in [0.25, 0.3) is 12.4 Å². The molecular weight excluding hydrogens is 313 g/mol. The van der Waals surface area contributed by atoms with Crippen molar-refractivity contribution in [1.29, 1.82) is 0 Å². The molecule has 0 atom stereocenters. The van der Waals surface area contributed by atoms with Crippen molar-refractivity contribution in [3.8, 4) is 5.75 Å². The molecule has 1 amide bonds. The number of amides is 1. The normalized spacial score (nSPS) is 13.1. The summed E-state index contributed by atoms with van der Waals surface area (Å²) in [6.07, 6.45) is 1.62. The number of phenols is 1. The number of aromatic hydroxyl groups is 1. The zero-order valence-electron chi connectivity index (χ0n) is 13.0. The summed E-state index contributed by atoms with van der Waals surface area (Å²) < 4.78 is 13.4. The monoisotopic (exact) mass is 331 g/mol. The van der Waals surface area contributed by atoms with E-state index in [2.05, 4.69) is 12.1 Å². The Morgan fingerprint density at radius 1 is 1.08 bits per heavy atom. The molecule has 2 N–H and O–H groups in total. The number of nitrogens with zero attached hydrogens (tertiary/aromatic N) is 1. The highest BCUT2D eigenvalue weighted by Gasteiger charge is 2.20. The molecule has 0 fully saturated rings. The van der Waals surface area contributed by atoms with Gasteiger partial charge in [-0.25, -0.2) is 4.39 Å². The molecule has 5 nitrogen and oxygen atoms in total. The maximum Gasteiger partial charge on any atom is 0.290 e. The molecule has 126 valence electrons. The van der Waals surface area contributed by atoms with Gasteiger partial charge in [0, 0.05) is 18.7 Å². The highest BCUT2D eigenvalue weighted by molar-refractivity contribution is 5.94. The van der Waals surface area contributed by atoms with E-state index in [9.17, 15) is 14.3 Å².